The van der Waals surface area contributed by atoms with Crippen molar-refractivity contribution in [2.24, 2.45) is 0 Å². The molecule has 3 heterocycles. The summed E-state index contributed by atoms with van der Waals surface area (Å²) in [4.78, 5) is 14.7. The molecule has 1 unspecified atom stereocenters. The molecule has 2 fully saturated rings. The van der Waals surface area contributed by atoms with Crippen LogP contribution in [0.3, 0.4) is 0 Å². The number of methoxy groups -OCH3 is 1. The molecule has 1 aliphatic carbocycles. The van der Waals surface area contributed by atoms with Crippen LogP contribution in [0.1, 0.15) is 58.1 Å². The lowest BCUT2D eigenvalue weighted by Gasteiger charge is -2.36. The van der Waals surface area contributed by atoms with Gasteiger partial charge in [-0.2, -0.15) is 4.98 Å². The molecule has 2 aromatic heterocycles. The van der Waals surface area contributed by atoms with Crippen molar-refractivity contribution in [3.8, 4) is 11.1 Å². The van der Waals surface area contributed by atoms with E-state index in [1.807, 2.05) is 6.20 Å². The van der Waals surface area contributed by atoms with E-state index in [0.29, 0.717) is 24.6 Å². The number of piperazine rings is 1. The summed E-state index contributed by atoms with van der Waals surface area (Å²) in [7, 11) is 1.70. The second-order valence-electron chi connectivity index (χ2n) is 11.4. The smallest absolute Gasteiger partial charge is 0.224 e. The van der Waals surface area contributed by atoms with Crippen molar-refractivity contribution in [1.29, 1.82) is 0 Å². The van der Waals surface area contributed by atoms with Gasteiger partial charge >= 0.3 is 0 Å². The normalized spacial score (nSPS) is 22.3. The first-order valence-electron chi connectivity index (χ1n) is 14.3. The number of hydrogen-bond acceptors (Lipinski definition) is 7. The van der Waals surface area contributed by atoms with Crippen LogP contribution in [0.25, 0.3) is 22.2 Å². The molecule has 1 aliphatic heterocycles. The number of hydrogen-bond donors (Lipinski definition) is 2. The second kappa shape index (κ2) is 12.1. The average Bonchev–Trinajstić information content (AvgIpc) is 3.29. The minimum Gasteiger partial charge on any atom is -0.393 e. The number of rotatable bonds is 9. The molecule has 5 rings (SSSR count). The minimum atomic E-state index is -0.185. The Kier molecular flexibility index (Phi) is 8.63. The topological polar surface area (TPSA) is 78.7 Å². The molecule has 0 bridgehead atoms. The lowest BCUT2D eigenvalue weighted by molar-refractivity contribution is 0.104. The lowest BCUT2D eigenvalue weighted by atomic mass is 9.93. The summed E-state index contributed by atoms with van der Waals surface area (Å²) in [5, 5.41) is 14.5. The maximum atomic E-state index is 10.1. The molecule has 8 nitrogen and oxygen atoms in total. The molecule has 1 atom stereocenters. The van der Waals surface area contributed by atoms with Crippen molar-refractivity contribution in [2.45, 2.75) is 77.2 Å². The fourth-order valence-electron chi connectivity index (χ4n) is 5.94. The van der Waals surface area contributed by atoms with Gasteiger partial charge in [0.25, 0.3) is 0 Å². The lowest BCUT2D eigenvalue weighted by Crippen LogP contribution is -2.48. The molecule has 0 radical (unpaired) electrons. The third-order valence-electron chi connectivity index (χ3n) is 8.23. The number of ether oxygens (including phenoxy) is 1. The highest BCUT2D eigenvalue weighted by Gasteiger charge is 2.25. The van der Waals surface area contributed by atoms with Crippen LogP contribution < -0.4 is 5.32 Å². The van der Waals surface area contributed by atoms with Crippen LogP contribution in [0.4, 0.5) is 5.95 Å². The van der Waals surface area contributed by atoms with Crippen molar-refractivity contribution in [2.75, 3.05) is 45.2 Å². The van der Waals surface area contributed by atoms with Gasteiger partial charge in [-0.1, -0.05) is 24.3 Å². The van der Waals surface area contributed by atoms with Gasteiger partial charge in [-0.25, -0.2) is 4.98 Å². The van der Waals surface area contributed by atoms with Gasteiger partial charge in [0.15, 0.2) is 0 Å². The first-order valence-corrected chi connectivity index (χ1v) is 14.3. The van der Waals surface area contributed by atoms with Gasteiger partial charge in [-0.05, 0) is 57.6 Å². The van der Waals surface area contributed by atoms with E-state index in [1.54, 1.807) is 7.11 Å². The zero-order valence-electron chi connectivity index (χ0n) is 23.4. The summed E-state index contributed by atoms with van der Waals surface area (Å²) < 4.78 is 7.60. The zero-order valence-corrected chi connectivity index (χ0v) is 23.4. The standard InChI is InChI=1S/C30H44N6O2/c1-21(2)35-15-13-34(14-16-35)18-23-5-7-24(8-6-23)28-19-36(25-9-11-26(37)12-10-25)29-27(28)17-31-30(33-29)32-22(3)20-38-4/h5-8,17,19,21-22,25-26,37H,9-16,18,20H2,1-4H3,(H,31,32,33). The molecule has 8 heteroatoms. The number of aliphatic hydroxyl groups excluding tert-OH is 1. The summed E-state index contributed by atoms with van der Waals surface area (Å²) >= 11 is 0. The highest BCUT2D eigenvalue weighted by Crippen LogP contribution is 2.37. The maximum absolute atomic E-state index is 10.1. The Hall–Kier alpha value is -2.52. The molecule has 1 saturated carbocycles. The van der Waals surface area contributed by atoms with Crippen LogP contribution in [0.2, 0.25) is 0 Å². The molecule has 2 N–H and O–H groups in total. The molecule has 2 aliphatic rings. The number of nitrogens with zero attached hydrogens (tertiary/aromatic N) is 5. The zero-order chi connectivity index (χ0) is 26.6. The monoisotopic (exact) mass is 520 g/mol. The Morgan fingerprint density at radius 1 is 1.03 bits per heavy atom. The fraction of sp³-hybridized carbons (Fsp3) is 0.600. The van der Waals surface area contributed by atoms with Gasteiger partial charge in [-0.3, -0.25) is 9.80 Å². The van der Waals surface area contributed by atoms with E-state index in [0.717, 1.165) is 69.4 Å². The number of benzene rings is 1. The van der Waals surface area contributed by atoms with Gasteiger partial charge in [0.1, 0.15) is 5.65 Å². The minimum absolute atomic E-state index is 0.117. The van der Waals surface area contributed by atoms with Gasteiger partial charge in [0.2, 0.25) is 5.95 Å². The van der Waals surface area contributed by atoms with Crippen LogP contribution in [-0.2, 0) is 11.3 Å². The van der Waals surface area contributed by atoms with E-state index in [1.165, 1.54) is 16.7 Å². The average molecular weight is 521 g/mol. The van der Waals surface area contributed by atoms with Crippen LogP contribution in [-0.4, -0.2) is 87.5 Å². The Morgan fingerprint density at radius 2 is 1.74 bits per heavy atom. The van der Waals surface area contributed by atoms with E-state index < -0.39 is 0 Å². The molecule has 38 heavy (non-hydrogen) atoms. The number of fused-ring (bicyclic) bond motifs is 1. The highest BCUT2D eigenvalue weighted by molar-refractivity contribution is 5.94. The highest BCUT2D eigenvalue weighted by atomic mass is 16.5. The Morgan fingerprint density at radius 3 is 2.39 bits per heavy atom. The van der Waals surface area contributed by atoms with Gasteiger partial charge < -0.3 is 19.7 Å². The Labute approximate surface area is 227 Å². The van der Waals surface area contributed by atoms with Crippen molar-refractivity contribution < 1.29 is 9.84 Å². The SMILES string of the molecule is COCC(C)Nc1ncc2c(-c3ccc(CN4CCN(C(C)C)CC4)cc3)cn(C3CCC(O)CC3)c2n1. The molecular weight excluding hydrogens is 476 g/mol. The number of aliphatic hydroxyl groups is 1. The largest absolute Gasteiger partial charge is 0.393 e. The first-order chi connectivity index (χ1) is 18.4. The van der Waals surface area contributed by atoms with E-state index in [9.17, 15) is 5.11 Å². The summed E-state index contributed by atoms with van der Waals surface area (Å²) in [5.41, 5.74) is 4.66. The summed E-state index contributed by atoms with van der Waals surface area (Å²) in [6.45, 7) is 12.8. The third-order valence-corrected chi connectivity index (χ3v) is 8.23. The fourth-order valence-corrected chi connectivity index (χ4v) is 5.94. The summed E-state index contributed by atoms with van der Waals surface area (Å²) in [6, 6.07) is 10.1. The van der Waals surface area contributed by atoms with Crippen LogP contribution >= 0.6 is 0 Å². The predicted molar refractivity (Wildman–Crippen MR) is 153 cm³/mol. The van der Waals surface area contributed by atoms with Crippen LogP contribution in [0.15, 0.2) is 36.7 Å². The van der Waals surface area contributed by atoms with Crippen LogP contribution in [0.5, 0.6) is 0 Å². The second-order valence-corrected chi connectivity index (χ2v) is 11.4. The Balaban J connectivity index is 1.38. The van der Waals surface area contributed by atoms with E-state index in [-0.39, 0.29) is 12.1 Å². The third kappa shape index (κ3) is 6.20. The van der Waals surface area contributed by atoms with Crippen molar-refractivity contribution in [3.05, 3.63) is 42.2 Å². The van der Waals surface area contributed by atoms with E-state index >= 15 is 0 Å². The van der Waals surface area contributed by atoms with Crippen molar-refractivity contribution in [3.63, 3.8) is 0 Å². The maximum Gasteiger partial charge on any atom is 0.224 e. The van der Waals surface area contributed by atoms with E-state index in [4.69, 9.17) is 9.72 Å². The summed E-state index contributed by atoms with van der Waals surface area (Å²) in [5.74, 6) is 0.622. The summed E-state index contributed by atoms with van der Waals surface area (Å²) in [6.07, 6.45) is 7.61. The predicted octanol–water partition coefficient (Wildman–Crippen LogP) is 4.55. The number of aromatic nitrogens is 3. The molecule has 3 aromatic rings. The Bertz CT molecular complexity index is 1180. The molecule has 1 saturated heterocycles. The quantitative estimate of drug-likeness (QED) is 0.429. The van der Waals surface area contributed by atoms with Crippen molar-refractivity contribution in [1.82, 2.24) is 24.3 Å². The molecule has 1 aromatic carbocycles. The molecule has 206 valence electrons. The first kappa shape index (κ1) is 27.1. The molecule has 0 spiro atoms. The van der Waals surface area contributed by atoms with Gasteiger partial charge in [-0.15, -0.1) is 0 Å². The van der Waals surface area contributed by atoms with E-state index in [2.05, 4.69) is 75.9 Å². The van der Waals surface area contributed by atoms with Crippen molar-refractivity contribution >= 4 is 17.0 Å². The van der Waals surface area contributed by atoms with Crippen LogP contribution in [0, 0.1) is 0 Å². The molecular formula is C30H44N6O2. The number of nitrogens with one attached hydrogen (secondary N) is 1. The molecule has 0 amide bonds. The van der Waals surface area contributed by atoms with Gasteiger partial charge in [0.05, 0.1) is 12.7 Å². The van der Waals surface area contributed by atoms with Gasteiger partial charge in [0, 0.05) is 81.3 Å². The number of anilines is 1.